The smallest absolute Gasteiger partial charge is 0.200 e. The Bertz CT molecular complexity index is 770. The summed E-state index contributed by atoms with van der Waals surface area (Å²) in [5.74, 6) is 0. The first-order chi connectivity index (χ1) is 9.29. The zero-order valence-corrected chi connectivity index (χ0v) is 10.7. The monoisotopic (exact) mass is 250 g/mol. The van der Waals surface area contributed by atoms with Crippen LogP contribution in [0.15, 0.2) is 64.0 Å². The summed E-state index contributed by atoms with van der Waals surface area (Å²) in [7, 11) is 0. The lowest BCUT2D eigenvalue weighted by atomic mass is 10.0. The molecule has 0 unspecified atom stereocenters. The van der Waals surface area contributed by atoms with Crippen molar-refractivity contribution in [1.29, 1.82) is 0 Å². The van der Waals surface area contributed by atoms with Crippen molar-refractivity contribution in [2.24, 2.45) is 0 Å². The van der Waals surface area contributed by atoms with Gasteiger partial charge in [-0.25, -0.2) is 0 Å². The van der Waals surface area contributed by atoms with Gasteiger partial charge in [-0.1, -0.05) is 43.3 Å². The van der Waals surface area contributed by atoms with Crippen molar-refractivity contribution in [3.8, 4) is 11.1 Å². The molecule has 0 bridgehead atoms. The lowest BCUT2D eigenvalue weighted by Gasteiger charge is -2.03. The molecule has 2 heteroatoms. The zero-order chi connectivity index (χ0) is 13.2. The molecule has 0 saturated heterocycles. The predicted molar refractivity (Wildman–Crippen MR) is 77.3 cm³/mol. The summed E-state index contributed by atoms with van der Waals surface area (Å²) < 4.78 is 5.62. The molecular weight excluding hydrogens is 236 g/mol. The Morgan fingerprint density at radius 2 is 1.84 bits per heavy atom. The molecule has 0 saturated carbocycles. The van der Waals surface area contributed by atoms with Gasteiger partial charge in [0.2, 0.25) is 0 Å². The third-order valence-corrected chi connectivity index (χ3v) is 3.33. The second kappa shape index (κ2) is 4.73. The Balaban J connectivity index is 2.25. The van der Waals surface area contributed by atoms with E-state index in [9.17, 15) is 4.79 Å². The molecule has 0 aliphatic rings. The van der Waals surface area contributed by atoms with Gasteiger partial charge in [-0.2, -0.15) is 0 Å². The van der Waals surface area contributed by atoms with Gasteiger partial charge in [0.15, 0.2) is 5.43 Å². The number of benzene rings is 2. The van der Waals surface area contributed by atoms with Crippen LogP contribution in [0.5, 0.6) is 0 Å². The van der Waals surface area contributed by atoms with E-state index in [1.165, 1.54) is 5.56 Å². The number of hydrogen-bond donors (Lipinski definition) is 0. The summed E-state index contributed by atoms with van der Waals surface area (Å²) in [6, 6.07) is 15.4. The van der Waals surface area contributed by atoms with Crippen LogP contribution in [0, 0.1) is 0 Å². The number of fused-ring (bicyclic) bond motifs is 1. The van der Waals surface area contributed by atoms with E-state index in [2.05, 4.69) is 6.92 Å². The van der Waals surface area contributed by atoms with Gasteiger partial charge in [0.1, 0.15) is 11.8 Å². The summed E-state index contributed by atoms with van der Waals surface area (Å²) in [6.45, 7) is 2.08. The quantitative estimate of drug-likeness (QED) is 0.687. The van der Waals surface area contributed by atoms with Gasteiger partial charge in [0.05, 0.1) is 10.9 Å². The van der Waals surface area contributed by atoms with E-state index in [0.29, 0.717) is 16.5 Å². The van der Waals surface area contributed by atoms with Crippen LogP contribution in [-0.2, 0) is 6.42 Å². The topological polar surface area (TPSA) is 30.2 Å². The predicted octanol–water partition coefficient (Wildman–Crippen LogP) is 4.02. The van der Waals surface area contributed by atoms with Gasteiger partial charge in [-0.3, -0.25) is 4.79 Å². The molecular formula is C17H14O2. The largest absolute Gasteiger partial charge is 0.463 e. The Morgan fingerprint density at radius 1 is 1.05 bits per heavy atom. The average Bonchev–Trinajstić information content (AvgIpc) is 2.48. The molecule has 3 rings (SSSR count). The van der Waals surface area contributed by atoms with Crippen LogP contribution >= 0.6 is 0 Å². The molecule has 3 aromatic rings. The SMILES string of the molecule is CCc1ccc2c(=O)c(-c3ccccc3)coc2c1. The van der Waals surface area contributed by atoms with Crippen molar-refractivity contribution in [1.82, 2.24) is 0 Å². The Hall–Kier alpha value is -2.35. The van der Waals surface area contributed by atoms with E-state index in [1.54, 1.807) is 6.26 Å². The molecule has 0 aliphatic heterocycles. The fourth-order valence-corrected chi connectivity index (χ4v) is 2.21. The minimum absolute atomic E-state index is 0.0232. The van der Waals surface area contributed by atoms with E-state index >= 15 is 0 Å². The maximum absolute atomic E-state index is 12.5. The van der Waals surface area contributed by atoms with Crippen molar-refractivity contribution >= 4 is 11.0 Å². The number of hydrogen-bond acceptors (Lipinski definition) is 2. The van der Waals surface area contributed by atoms with Crippen molar-refractivity contribution in [2.45, 2.75) is 13.3 Å². The van der Waals surface area contributed by atoms with Crippen LogP contribution < -0.4 is 5.43 Å². The van der Waals surface area contributed by atoms with Gasteiger partial charge in [-0.05, 0) is 29.7 Å². The molecule has 19 heavy (non-hydrogen) atoms. The Kier molecular flexibility index (Phi) is 2.92. The average molecular weight is 250 g/mol. The maximum atomic E-state index is 12.5. The molecule has 1 heterocycles. The molecule has 0 spiro atoms. The highest BCUT2D eigenvalue weighted by molar-refractivity contribution is 5.82. The van der Waals surface area contributed by atoms with Crippen molar-refractivity contribution in [3.63, 3.8) is 0 Å². The van der Waals surface area contributed by atoms with Crippen LogP contribution in [0.3, 0.4) is 0 Å². The van der Waals surface area contributed by atoms with Gasteiger partial charge >= 0.3 is 0 Å². The fraction of sp³-hybridized carbons (Fsp3) is 0.118. The number of aryl methyl sites for hydroxylation is 1. The normalized spacial score (nSPS) is 10.8. The van der Waals surface area contributed by atoms with Crippen molar-refractivity contribution < 1.29 is 4.42 Å². The second-order valence-corrected chi connectivity index (χ2v) is 4.53. The first kappa shape index (κ1) is 11.7. The summed E-state index contributed by atoms with van der Waals surface area (Å²) in [6.07, 6.45) is 2.49. The molecule has 0 fully saturated rings. The van der Waals surface area contributed by atoms with E-state index in [0.717, 1.165) is 12.0 Å². The van der Waals surface area contributed by atoms with Crippen molar-refractivity contribution in [3.05, 3.63) is 70.6 Å². The molecule has 0 atom stereocenters. The summed E-state index contributed by atoms with van der Waals surface area (Å²) in [5, 5.41) is 0.638. The van der Waals surface area contributed by atoms with Gasteiger partial charge in [0.25, 0.3) is 0 Å². The van der Waals surface area contributed by atoms with Crippen molar-refractivity contribution in [2.75, 3.05) is 0 Å². The molecule has 0 amide bonds. The Labute approximate surface area is 111 Å². The second-order valence-electron chi connectivity index (χ2n) is 4.53. The molecule has 0 radical (unpaired) electrons. The van der Waals surface area contributed by atoms with Gasteiger partial charge in [0, 0.05) is 0 Å². The first-order valence-electron chi connectivity index (χ1n) is 6.39. The van der Waals surface area contributed by atoms with Crippen LogP contribution in [-0.4, -0.2) is 0 Å². The molecule has 1 aromatic heterocycles. The van der Waals surface area contributed by atoms with Crippen LogP contribution in [0.4, 0.5) is 0 Å². The summed E-state index contributed by atoms with van der Waals surface area (Å²) >= 11 is 0. The lowest BCUT2D eigenvalue weighted by Crippen LogP contribution is -2.04. The van der Waals surface area contributed by atoms with E-state index in [4.69, 9.17) is 4.42 Å². The van der Waals surface area contributed by atoms with Crippen LogP contribution in [0.2, 0.25) is 0 Å². The molecule has 0 N–H and O–H groups in total. The molecule has 0 aliphatic carbocycles. The maximum Gasteiger partial charge on any atom is 0.200 e. The molecule has 94 valence electrons. The standard InChI is InChI=1S/C17H14O2/c1-2-12-8-9-14-16(10-12)19-11-15(17(14)18)13-6-4-3-5-7-13/h3-11H,2H2,1H3. The third kappa shape index (κ3) is 2.06. The molecule has 2 aromatic carbocycles. The van der Waals surface area contributed by atoms with E-state index in [-0.39, 0.29) is 5.43 Å². The highest BCUT2D eigenvalue weighted by Crippen LogP contribution is 2.20. The van der Waals surface area contributed by atoms with E-state index < -0.39 is 0 Å². The van der Waals surface area contributed by atoms with Gasteiger partial charge in [-0.15, -0.1) is 0 Å². The highest BCUT2D eigenvalue weighted by Gasteiger charge is 2.08. The minimum atomic E-state index is 0.0232. The van der Waals surface area contributed by atoms with E-state index in [1.807, 2.05) is 48.5 Å². The Morgan fingerprint density at radius 3 is 2.58 bits per heavy atom. The zero-order valence-electron chi connectivity index (χ0n) is 10.7. The highest BCUT2D eigenvalue weighted by atomic mass is 16.3. The third-order valence-electron chi connectivity index (χ3n) is 3.33. The van der Waals surface area contributed by atoms with Gasteiger partial charge < -0.3 is 4.42 Å². The number of rotatable bonds is 2. The summed E-state index contributed by atoms with van der Waals surface area (Å²) in [4.78, 5) is 12.5. The first-order valence-corrected chi connectivity index (χ1v) is 6.39. The minimum Gasteiger partial charge on any atom is -0.463 e. The fourth-order valence-electron chi connectivity index (χ4n) is 2.21. The molecule has 2 nitrogen and oxygen atoms in total. The van der Waals surface area contributed by atoms with Crippen LogP contribution in [0.25, 0.3) is 22.1 Å². The lowest BCUT2D eigenvalue weighted by molar-refractivity contribution is 0.604. The van der Waals surface area contributed by atoms with Crippen LogP contribution in [0.1, 0.15) is 12.5 Å². The summed E-state index contributed by atoms with van der Waals surface area (Å²) in [5.41, 5.74) is 3.34.